The zero-order valence-corrected chi connectivity index (χ0v) is 12.5. The van der Waals surface area contributed by atoms with Gasteiger partial charge in [0.2, 0.25) is 0 Å². The minimum Gasteiger partial charge on any atom is -0.337 e. The predicted molar refractivity (Wildman–Crippen MR) is 77.8 cm³/mol. The molecule has 2 heterocycles. The molecule has 1 amide bonds. The molecule has 1 aromatic rings. The van der Waals surface area contributed by atoms with Crippen LogP contribution in [0.1, 0.15) is 16.8 Å². The number of halogens is 1. The standard InChI is InChI=1S/C12H18BrN5O/c1-17-3-2-4-18(6-5-17)12(19)10-7-9(13)8-15-11(10)16-14/h7-8H,2-6,14H2,1H3,(H,15,16). The summed E-state index contributed by atoms with van der Waals surface area (Å²) in [7, 11) is 2.07. The molecule has 0 unspecified atom stereocenters. The maximum absolute atomic E-state index is 12.5. The number of carbonyl (C=O) groups is 1. The smallest absolute Gasteiger partial charge is 0.257 e. The molecule has 1 aliphatic heterocycles. The van der Waals surface area contributed by atoms with E-state index in [1.165, 1.54) is 0 Å². The fraction of sp³-hybridized carbons (Fsp3) is 0.500. The molecule has 0 saturated carbocycles. The van der Waals surface area contributed by atoms with Crippen LogP contribution in [0.2, 0.25) is 0 Å². The molecule has 1 fully saturated rings. The summed E-state index contributed by atoms with van der Waals surface area (Å²) in [5.41, 5.74) is 2.98. The van der Waals surface area contributed by atoms with E-state index in [2.05, 4.69) is 38.3 Å². The van der Waals surface area contributed by atoms with Gasteiger partial charge >= 0.3 is 0 Å². The Morgan fingerprint density at radius 3 is 2.95 bits per heavy atom. The van der Waals surface area contributed by atoms with Crippen LogP contribution >= 0.6 is 15.9 Å². The Balaban J connectivity index is 2.21. The van der Waals surface area contributed by atoms with E-state index < -0.39 is 0 Å². The molecule has 0 spiro atoms. The van der Waals surface area contributed by atoms with Gasteiger partial charge in [0.05, 0.1) is 5.56 Å². The minimum absolute atomic E-state index is 0.0305. The molecule has 1 saturated heterocycles. The summed E-state index contributed by atoms with van der Waals surface area (Å²) < 4.78 is 0.766. The van der Waals surface area contributed by atoms with Crippen LogP contribution in [0.5, 0.6) is 0 Å². The lowest BCUT2D eigenvalue weighted by Crippen LogP contribution is -2.35. The molecule has 0 radical (unpaired) electrons. The van der Waals surface area contributed by atoms with Crippen LogP contribution < -0.4 is 11.3 Å². The first-order chi connectivity index (χ1) is 9.11. The highest BCUT2D eigenvalue weighted by molar-refractivity contribution is 9.10. The van der Waals surface area contributed by atoms with E-state index in [4.69, 9.17) is 5.84 Å². The van der Waals surface area contributed by atoms with Gasteiger partial charge in [-0.25, -0.2) is 10.8 Å². The number of hydrazine groups is 1. The fourth-order valence-electron chi connectivity index (χ4n) is 2.14. The third-order valence-electron chi connectivity index (χ3n) is 3.23. The number of anilines is 1. The average Bonchev–Trinajstić information content (AvgIpc) is 2.62. The van der Waals surface area contributed by atoms with Crippen molar-refractivity contribution in [1.82, 2.24) is 14.8 Å². The third-order valence-corrected chi connectivity index (χ3v) is 3.66. The fourth-order valence-corrected chi connectivity index (χ4v) is 2.47. The molecule has 3 N–H and O–H groups in total. The first-order valence-corrected chi connectivity index (χ1v) is 7.01. The predicted octanol–water partition coefficient (Wildman–Crippen LogP) is 0.907. The molecule has 1 aromatic heterocycles. The van der Waals surface area contributed by atoms with Gasteiger partial charge in [-0.05, 0) is 42.0 Å². The lowest BCUT2D eigenvalue weighted by atomic mass is 10.2. The number of aromatic nitrogens is 1. The summed E-state index contributed by atoms with van der Waals surface area (Å²) in [6, 6.07) is 1.75. The average molecular weight is 328 g/mol. The Hall–Kier alpha value is -1.18. The first-order valence-electron chi connectivity index (χ1n) is 6.22. The number of carbonyl (C=O) groups excluding carboxylic acids is 1. The Kier molecular flexibility index (Phi) is 4.73. The van der Waals surface area contributed by atoms with Crippen LogP contribution in [0.4, 0.5) is 5.82 Å². The van der Waals surface area contributed by atoms with Crippen LogP contribution in [0.15, 0.2) is 16.7 Å². The summed E-state index contributed by atoms with van der Waals surface area (Å²) in [6.07, 6.45) is 2.59. The zero-order valence-electron chi connectivity index (χ0n) is 10.9. The van der Waals surface area contributed by atoms with Crippen LogP contribution in [0, 0.1) is 0 Å². The van der Waals surface area contributed by atoms with E-state index in [-0.39, 0.29) is 5.91 Å². The third kappa shape index (κ3) is 3.43. The summed E-state index contributed by atoms with van der Waals surface area (Å²) in [6.45, 7) is 3.40. The van der Waals surface area contributed by atoms with Gasteiger partial charge in [-0.2, -0.15) is 0 Å². The van der Waals surface area contributed by atoms with Gasteiger partial charge in [0.1, 0.15) is 0 Å². The van der Waals surface area contributed by atoms with Crippen molar-refractivity contribution >= 4 is 27.7 Å². The van der Waals surface area contributed by atoms with Crippen LogP contribution in [0.3, 0.4) is 0 Å². The largest absolute Gasteiger partial charge is 0.337 e. The number of nitrogens with zero attached hydrogens (tertiary/aromatic N) is 3. The van der Waals surface area contributed by atoms with Gasteiger partial charge in [-0.1, -0.05) is 0 Å². The van der Waals surface area contributed by atoms with Gasteiger partial charge in [0.15, 0.2) is 5.82 Å². The number of nitrogen functional groups attached to an aromatic ring is 1. The monoisotopic (exact) mass is 327 g/mol. The van der Waals surface area contributed by atoms with E-state index in [1.807, 2.05) is 4.90 Å². The molecule has 0 atom stereocenters. The normalized spacial score (nSPS) is 17.1. The number of hydrogen-bond donors (Lipinski definition) is 2. The van der Waals surface area contributed by atoms with Crippen molar-refractivity contribution in [2.24, 2.45) is 5.84 Å². The van der Waals surface area contributed by atoms with Crippen molar-refractivity contribution in [2.75, 3.05) is 38.7 Å². The lowest BCUT2D eigenvalue weighted by Gasteiger charge is -2.21. The van der Waals surface area contributed by atoms with Crippen LogP contribution in [0.25, 0.3) is 0 Å². The van der Waals surface area contributed by atoms with Gasteiger partial charge in [0.25, 0.3) is 5.91 Å². The summed E-state index contributed by atoms with van der Waals surface area (Å²) in [5.74, 6) is 5.79. The summed E-state index contributed by atoms with van der Waals surface area (Å²) in [5, 5.41) is 0. The molecule has 0 aromatic carbocycles. The second-order valence-electron chi connectivity index (χ2n) is 4.64. The van der Waals surface area contributed by atoms with Gasteiger partial charge in [-0.3, -0.25) is 4.79 Å². The molecule has 6 nitrogen and oxygen atoms in total. The molecule has 19 heavy (non-hydrogen) atoms. The van der Waals surface area contributed by atoms with Crippen LogP contribution in [-0.4, -0.2) is 53.9 Å². The number of hydrogen-bond acceptors (Lipinski definition) is 5. The molecule has 1 aliphatic rings. The molecule has 2 rings (SSSR count). The van der Waals surface area contributed by atoms with Gasteiger partial charge < -0.3 is 15.2 Å². The lowest BCUT2D eigenvalue weighted by molar-refractivity contribution is 0.0763. The summed E-state index contributed by atoms with van der Waals surface area (Å²) >= 11 is 3.33. The first kappa shape index (κ1) is 14.2. The van der Waals surface area contributed by atoms with Crippen molar-refractivity contribution < 1.29 is 4.79 Å². The number of nitrogens with two attached hydrogens (primary N) is 1. The zero-order chi connectivity index (χ0) is 13.8. The van der Waals surface area contributed by atoms with E-state index in [1.54, 1.807) is 12.3 Å². The number of pyridine rings is 1. The molecular formula is C12H18BrN5O. The number of likely N-dealkylation sites (N-methyl/N-ethyl adjacent to an activating group) is 1. The number of nitrogens with one attached hydrogen (secondary N) is 1. The number of amides is 1. The number of rotatable bonds is 2. The highest BCUT2D eigenvalue weighted by Gasteiger charge is 2.22. The van der Waals surface area contributed by atoms with Gasteiger partial charge in [-0.15, -0.1) is 0 Å². The van der Waals surface area contributed by atoms with Crippen molar-refractivity contribution in [1.29, 1.82) is 0 Å². The second kappa shape index (κ2) is 6.31. The highest BCUT2D eigenvalue weighted by Crippen LogP contribution is 2.19. The maximum Gasteiger partial charge on any atom is 0.257 e. The summed E-state index contributed by atoms with van der Waals surface area (Å²) in [4.78, 5) is 20.7. The van der Waals surface area contributed by atoms with Crippen molar-refractivity contribution in [3.8, 4) is 0 Å². The van der Waals surface area contributed by atoms with Crippen molar-refractivity contribution in [2.45, 2.75) is 6.42 Å². The Morgan fingerprint density at radius 1 is 1.42 bits per heavy atom. The van der Waals surface area contributed by atoms with E-state index in [0.717, 1.165) is 37.1 Å². The second-order valence-corrected chi connectivity index (χ2v) is 5.56. The van der Waals surface area contributed by atoms with E-state index in [9.17, 15) is 4.79 Å². The Labute approximate surface area is 121 Å². The van der Waals surface area contributed by atoms with Crippen molar-refractivity contribution in [3.63, 3.8) is 0 Å². The Morgan fingerprint density at radius 2 is 2.21 bits per heavy atom. The van der Waals surface area contributed by atoms with E-state index in [0.29, 0.717) is 11.4 Å². The van der Waals surface area contributed by atoms with Crippen molar-refractivity contribution in [3.05, 3.63) is 22.3 Å². The minimum atomic E-state index is -0.0305. The highest BCUT2D eigenvalue weighted by atomic mass is 79.9. The Bertz CT molecular complexity index is 467. The quantitative estimate of drug-likeness (QED) is 0.623. The SMILES string of the molecule is CN1CCCN(C(=O)c2cc(Br)cnc2NN)CC1. The molecular weight excluding hydrogens is 310 g/mol. The van der Waals surface area contributed by atoms with Crippen LogP contribution in [-0.2, 0) is 0 Å². The van der Waals surface area contributed by atoms with Gasteiger partial charge in [0, 0.05) is 30.3 Å². The van der Waals surface area contributed by atoms with E-state index >= 15 is 0 Å². The molecule has 0 aliphatic carbocycles. The molecule has 0 bridgehead atoms. The topological polar surface area (TPSA) is 74.5 Å². The molecule has 7 heteroatoms. The maximum atomic E-state index is 12.5. The molecule has 104 valence electrons.